The number of nitrogens with one attached hydrogen (secondary N) is 1. The predicted octanol–water partition coefficient (Wildman–Crippen LogP) is 5.19. The normalized spacial score (nSPS) is 16.4. The summed E-state index contributed by atoms with van der Waals surface area (Å²) < 4.78 is 20.0. The van der Waals surface area contributed by atoms with E-state index in [0.29, 0.717) is 22.2 Å². The fraction of sp³-hybridized carbons (Fsp3) is 0.241. The van der Waals surface area contributed by atoms with Crippen LogP contribution >= 0.6 is 0 Å². The summed E-state index contributed by atoms with van der Waals surface area (Å²) in [7, 11) is 3.14. The van der Waals surface area contributed by atoms with Gasteiger partial charge in [0.2, 0.25) is 0 Å². The molecular weight excluding hydrogens is 455 g/mol. The Morgan fingerprint density at radius 2 is 1.69 bits per heavy atom. The van der Waals surface area contributed by atoms with Crippen LogP contribution in [0.1, 0.15) is 36.2 Å². The highest BCUT2D eigenvalue weighted by Crippen LogP contribution is 2.47. The Morgan fingerprint density at radius 1 is 0.972 bits per heavy atom. The summed E-state index contributed by atoms with van der Waals surface area (Å²) in [6.07, 6.45) is 4.97. The fourth-order valence-electron chi connectivity index (χ4n) is 5.60. The van der Waals surface area contributed by atoms with Crippen LogP contribution in [-0.2, 0) is 14.1 Å². The van der Waals surface area contributed by atoms with Crippen molar-refractivity contribution in [3.8, 4) is 16.9 Å². The summed E-state index contributed by atoms with van der Waals surface area (Å²) in [4.78, 5) is 26.8. The highest BCUT2D eigenvalue weighted by molar-refractivity contribution is 5.99. The number of aromatic nitrogens is 3. The quantitative estimate of drug-likeness (QED) is 0.428. The van der Waals surface area contributed by atoms with Crippen LogP contribution in [0.4, 0.5) is 10.1 Å². The van der Waals surface area contributed by atoms with E-state index >= 15 is 4.39 Å². The predicted molar refractivity (Wildman–Crippen MR) is 141 cm³/mol. The van der Waals surface area contributed by atoms with E-state index in [4.69, 9.17) is 0 Å². The van der Waals surface area contributed by atoms with E-state index in [2.05, 4.69) is 43.4 Å². The molecule has 0 spiro atoms. The molecule has 7 heteroatoms. The summed E-state index contributed by atoms with van der Waals surface area (Å²) in [5.74, 6) is -0.423. The number of hydrogen-bond donors (Lipinski definition) is 1. The summed E-state index contributed by atoms with van der Waals surface area (Å²) in [6.45, 7) is 6.18. The molecular formula is C29H27FN4O2. The maximum atomic E-state index is 15.4. The molecule has 2 aromatic carbocycles. The van der Waals surface area contributed by atoms with Gasteiger partial charge in [0.15, 0.2) is 0 Å². The third-order valence-electron chi connectivity index (χ3n) is 7.60. The van der Waals surface area contributed by atoms with Gasteiger partial charge < -0.3 is 9.88 Å². The van der Waals surface area contributed by atoms with Gasteiger partial charge in [0, 0.05) is 19.7 Å². The maximum absolute atomic E-state index is 15.4. The topological polar surface area (TPSA) is 61.0 Å². The molecule has 0 saturated carbocycles. The molecule has 2 aromatic heterocycles. The van der Waals surface area contributed by atoms with E-state index in [0.717, 1.165) is 44.8 Å². The van der Waals surface area contributed by atoms with E-state index in [9.17, 15) is 9.59 Å². The molecule has 0 amide bonds. The summed E-state index contributed by atoms with van der Waals surface area (Å²) >= 11 is 0. The Bertz CT molecular complexity index is 1800. The minimum absolute atomic E-state index is 0.297. The Kier molecular flexibility index (Phi) is 4.77. The van der Waals surface area contributed by atoms with Gasteiger partial charge in [0.05, 0.1) is 39.7 Å². The number of benzene rings is 2. The van der Waals surface area contributed by atoms with Crippen molar-refractivity contribution in [3.63, 3.8) is 0 Å². The van der Waals surface area contributed by atoms with Crippen molar-refractivity contribution in [2.24, 2.45) is 14.1 Å². The van der Waals surface area contributed by atoms with Crippen molar-refractivity contribution in [1.82, 2.24) is 13.7 Å². The van der Waals surface area contributed by atoms with Gasteiger partial charge in [-0.25, -0.2) is 9.18 Å². The smallest absolute Gasteiger partial charge is 0.331 e. The first kappa shape index (κ1) is 22.3. The number of rotatable bonds is 2. The van der Waals surface area contributed by atoms with Gasteiger partial charge in [0.25, 0.3) is 5.56 Å². The molecule has 1 aliphatic heterocycles. The number of aryl methyl sites for hydroxylation is 3. The number of allylic oxidation sites excluding steroid dienone is 3. The van der Waals surface area contributed by atoms with Crippen molar-refractivity contribution in [3.05, 3.63) is 103 Å². The minimum Gasteiger partial charge on any atom is -0.371 e. The number of hydrogen-bond acceptors (Lipinski definition) is 3. The van der Waals surface area contributed by atoms with Crippen molar-refractivity contribution >= 4 is 16.6 Å². The average Bonchev–Trinajstić information content (AvgIpc) is 3.44. The molecule has 1 unspecified atom stereocenters. The fourth-order valence-corrected chi connectivity index (χ4v) is 5.60. The zero-order chi connectivity index (χ0) is 25.5. The largest absolute Gasteiger partial charge is 0.371 e. The molecule has 36 heavy (non-hydrogen) atoms. The van der Waals surface area contributed by atoms with E-state index < -0.39 is 17.1 Å². The summed E-state index contributed by atoms with van der Waals surface area (Å²) in [6, 6.07) is 10.4. The molecule has 0 fully saturated rings. The second-order valence-corrected chi connectivity index (χ2v) is 9.94. The van der Waals surface area contributed by atoms with Gasteiger partial charge in [-0.05, 0) is 68.2 Å². The first-order valence-corrected chi connectivity index (χ1v) is 12.0. The van der Waals surface area contributed by atoms with Gasteiger partial charge in [-0.3, -0.25) is 13.9 Å². The van der Waals surface area contributed by atoms with Crippen LogP contribution in [0, 0.1) is 19.7 Å². The van der Waals surface area contributed by atoms with E-state index in [1.54, 1.807) is 25.2 Å². The minimum atomic E-state index is -0.438. The first-order chi connectivity index (χ1) is 17.2. The molecule has 1 aliphatic carbocycles. The highest BCUT2D eigenvalue weighted by atomic mass is 19.1. The third-order valence-corrected chi connectivity index (χ3v) is 7.60. The summed E-state index contributed by atoms with van der Waals surface area (Å²) in [5.41, 5.74) is 7.54. The van der Waals surface area contributed by atoms with Crippen LogP contribution in [0.3, 0.4) is 0 Å². The Morgan fingerprint density at radius 3 is 2.39 bits per heavy atom. The molecule has 0 radical (unpaired) electrons. The van der Waals surface area contributed by atoms with E-state index in [1.165, 1.54) is 23.3 Å². The van der Waals surface area contributed by atoms with Crippen LogP contribution in [0.25, 0.3) is 27.8 Å². The van der Waals surface area contributed by atoms with Gasteiger partial charge in [-0.15, -0.1) is 0 Å². The van der Waals surface area contributed by atoms with Crippen LogP contribution in [0.2, 0.25) is 0 Å². The van der Waals surface area contributed by atoms with Crippen LogP contribution < -0.4 is 16.6 Å². The van der Waals surface area contributed by atoms with Crippen molar-refractivity contribution < 1.29 is 4.39 Å². The van der Waals surface area contributed by atoms with Crippen molar-refractivity contribution in [2.75, 3.05) is 5.32 Å². The molecule has 4 aromatic rings. The number of nitrogens with zero attached hydrogens (tertiary/aromatic N) is 3. The molecule has 2 aliphatic rings. The molecule has 6 nitrogen and oxygen atoms in total. The Balaban J connectivity index is 1.87. The summed E-state index contributed by atoms with van der Waals surface area (Å²) in [5, 5.41) is 4.03. The molecule has 6 rings (SSSR count). The van der Waals surface area contributed by atoms with Gasteiger partial charge in [0.1, 0.15) is 5.82 Å². The van der Waals surface area contributed by atoms with E-state index in [1.807, 2.05) is 11.5 Å². The molecule has 1 atom stereocenters. The van der Waals surface area contributed by atoms with Crippen LogP contribution in [0.5, 0.6) is 0 Å². The molecule has 0 saturated heterocycles. The lowest BCUT2D eigenvalue weighted by Crippen LogP contribution is -2.37. The van der Waals surface area contributed by atoms with Crippen molar-refractivity contribution in [1.29, 1.82) is 0 Å². The van der Waals surface area contributed by atoms with Crippen molar-refractivity contribution in [2.45, 2.75) is 33.2 Å². The molecule has 1 N–H and O–H groups in total. The number of anilines is 1. The second kappa shape index (κ2) is 7.68. The molecule has 0 bridgehead atoms. The zero-order valence-corrected chi connectivity index (χ0v) is 20.9. The number of halogens is 1. The molecule has 3 heterocycles. The first-order valence-electron chi connectivity index (χ1n) is 12.0. The van der Waals surface area contributed by atoms with Crippen LogP contribution in [0.15, 0.2) is 69.3 Å². The Hall–Kier alpha value is -4.13. The maximum Gasteiger partial charge on any atom is 0.331 e. The monoisotopic (exact) mass is 482 g/mol. The zero-order valence-electron chi connectivity index (χ0n) is 20.9. The highest BCUT2D eigenvalue weighted by Gasteiger charge is 2.36. The van der Waals surface area contributed by atoms with E-state index in [-0.39, 0.29) is 6.04 Å². The Labute approximate surface area is 207 Å². The van der Waals surface area contributed by atoms with Gasteiger partial charge >= 0.3 is 5.69 Å². The second-order valence-electron chi connectivity index (χ2n) is 9.94. The van der Waals surface area contributed by atoms with Crippen LogP contribution in [-0.4, -0.2) is 13.7 Å². The lowest BCUT2D eigenvalue weighted by atomic mass is 9.96. The standard InChI is InChI=1S/C29H27FN4O2/c1-15-10-11-18(12-15)24-27-26-23(28(35)33(5)29(36)32(26)4)25(19-8-6-7-9-20(19)30)34(27)22-14-17(3)16(2)13-21(22)31-24/h6-11,13-14,24,31H,12H2,1-5H3. The van der Waals surface area contributed by atoms with Gasteiger partial charge in [-0.2, -0.15) is 0 Å². The third kappa shape index (κ3) is 2.95. The lowest BCUT2D eigenvalue weighted by Gasteiger charge is -2.32. The molecule has 182 valence electrons. The number of fused-ring (bicyclic) bond motifs is 5. The SMILES string of the molecule is CC1=CC=C(C2Nc3cc(C)c(C)cc3-n3c(-c4ccccc4F)c4c(=O)n(C)c(=O)n(C)c4c32)C1. The van der Waals surface area contributed by atoms with Gasteiger partial charge in [-0.1, -0.05) is 29.9 Å². The average molecular weight is 483 g/mol. The lowest BCUT2D eigenvalue weighted by molar-refractivity contribution is 0.630.